The minimum Gasteiger partial charge on any atom is -0.401 e. The van der Waals surface area contributed by atoms with Crippen molar-refractivity contribution in [2.45, 2.75) is 32.2 Å². The molecule has 0 saturated carbocycles. The molecule has 6 heterocycles. The largest absolute Gasteiger partial charge is 0.435 e. The van der Waals surface area contributed by atoms with Crippen LogP contribution in [0.3, 0.4) is 0 Å². The average molecular weight is 972 g/mol. The van der Waals surface area contributed by atoms with E-state index < -0.39 is 46.9 Å². The third-order valence-corrected chi connectivity index (χ3v) is 11.3. The van der Waals surface area contributed by atoms with Crippen LogP contribution < -0.4 is 16.3 Å². The maximum atomic E-state index is 13.4. The molecule has 8 rings (SSSR count). The zero-order valence-corrected chi connectivity index (χ0v) is 35.7. The molecule has 2 N–H and O–H groups in total. The second-order valence-corrected chi connectivity index (χ2v) is 16.3. The summed E-state index contributed by atoms with van der Waals surface area (Å²) in [5.41, 5.74) is -2.56. The lowest BCUT2D eigenvalue weighted by atomic mass is 10.1. The van der Waals surface area contributed by atoms with E-state index in [1.807, 2.05) is 0 Å². The van der Waals surface area contributed by atoms with Gasteiger partial charge in [0.15, 0.2) is 23.0 Å². The quantitative estimate of drug-likeness (QED) is 0.147. The number of rotatable bonds is 7. The maximum absolute atomic E-state index is 13.4. The normalized spacial score (nSPS) is 13.0. The number of thioether (sulfide) groups is 1. The summed E-state index contributed by atoms with van der Waals surface area (Å²) in [7, 11) is 0. The van der Waals surface area contributed by atoms with E-state index in [9.17, 15) is 40.7 Å². The van der Waals surface area contributed by atoms with E-state index in [2.05, 4.69) is 35.8 Å². The van der Waals surface area contributed by atoms with Crippen molar-refractivity contribution in [1.82, 2.24) is 39.8 Å². The number of halogens is 10. The highest BCUT2D eigenvalue weighted by molar-refractivity contribution is 8.00. The molecule has 1 aliphatic rings. The second kappa shape index (κ2) is 17.8. The fraction of sp³-hybridized carbons (Fsp3) is 0.179. The topological polar surface area (TPSA) is 163 Å². The number of hydrogen-bond donors (Lipinski definition) is 2. The van der Waals surface area contributed by atoms with Gasteiger partial charge in [0.1, 0.15) is 11.4 Å². The SMILES string of the molecule is Cc1cc(Cl)cc(C(=O)NC2CSC2)c1NC(=O)c1cc(C(F)(F)F)nn1-c1ncccc1Cl.Cc1cc(Cl)cc2c(=O)oc(-c3cc(C(F)(F)F)nn3-c3ncccc3Cl)nc12. The van der Waals surface area contributed by atoms with Gasteiger partial charge in [-0.1, -0.05) is 46.4 Å². The molecule has 1 fully saturated rings. The Bertz CT molecular complexity index is 2990. The van der Waals surface area contributed by atoms with Gasteiger partial charge in [-0.05, 0) is 73.5 Å². The van der Waals surface area contributed by atoms with Gasteiger partial charge in [0.05, 0.1) is 32.2 Å². The van der Waals surface area contributed by atoms with Crippen LogP contribution in [0.4, 0.5) is 32.0 Å². The van der Waals surface area contributed by atoms with E-state index in [0.29, 0.717) is 28.3 Å². The number of aromatic nitrogens is 7. The number of hydrogen-bond acceptors (Lipinski definition) is 10. The van der Waals surface area contributed by atoms with E-state index in [0.717, 1.165) is 20.9 Å². The minimum atomic E-state index is -4.82. The van der Waals surface area contributed by atoms with Gasteiger partial charge in [-0.15, -0.1) is 0 Å². The Balaban J connectivity index is 0.000000191. The Morgan fingerprint density at radius 2 is 1.35 bits per heavy atom. The molecule has 0 atom stereocenters. The lowest BCUT2D eigenvalue weighted by Gasteiger charge is -2.26. The summed E-state index contributed by atoms with van der Waals surface area (Å²) in [5, 5.41) is 13.2. The number of carbonyl (C=O) groups excluding carboxylic acids is 2. The van der Waals surface area contributed by atoms with Gasteiger partial charge in [-0.2, -0.15) is 48.3 Å². The van der Waals surface area contributed by atoms with E-state index in [-0.39, 0.29) is 66.5 Å². The number of nitrogens with zero attached hydrogens (tertiary/aromatic N) is 7. The van der Waals surface area contributed by atoms with Crippen molar-refractivity contribution in [3.63, 3.8) is 0 Å². The minimum absolute atomic E-state index is 0.00511. The molecule has 2 amide bonds. The van der Waals surface area contributed by atoms with Crippen molar-refractivity contribution in [2.75, 3.05) is 16.8 Å². The lowest BCUT2D eigenvalue weighted by Crippen LogP contribution is -2.44. The average Bonchev–Trinajstić information content (AvgIpc) is 3.85. The monoisotopic (exact) mass is 969 g/mol. The van der Waals surface area contributed by atoms with Gasteiger partial charge >= 0.3 is 18.0 Å². The van der Waals surface area contributed by atoms with E-state index in [4.69, 9.17) is 50.8 Å². The molecule has 0 aliphatic carbocycles. The van der Waals surface area contributed by atoms with Crippen molar-refractivity contribution in [2.24, 2.45) is 0 Å². The predicted octanol–water partition coefficient (Wildman–Crippen LogP) is 10.1. The molecular formula is C39H25Cl4F6N9O4S. The molecule has 0 spiro atoms. The molecule has 0 unspecified atom stereocenters. The fourth-order valence-corrected chi connectivity index (χ4v) is 7.59. The summed E-state index contributed by atoms with van der Waals surface area (Å²) in [6.45, 7) is 3.28. The Hall–Kier alpha value is -5.67. The fourth-order valence-electron chi connectivity index (χ4n) is 6.01. The standard InChI is InChI=1S/C21H16Cl2F3N5O2S.C18H9Cl2F3N4O2/c1-10-5-11(22)6-13(19(32)28-12-8-34-9-12)17(10)29-20(33)15-7-16(21(24,25)26)30-31(15)18-14(23)3-2-4-27-18;1-8-5-9(19)6-10-14(8)25-16(29-17(10)28)12-7-13(18(21,22)23)26-27(12)15-11(20)3-2-4-24-15/h2-7,12H,8-9H2,1H3,(H,28,32)(H,29,33);2-7H,1H3. The van der Waals surface area contributed by atoms with Crippen LogP contribution in [0.25, 0.3) is 34.1 Å². The summed E-state index contributed by atoms with van der Waals surface area (Å²) in [5.74, 6) is -0.464. The highest BCUT2D eigenvalue weighted by Crippen LogP contribution is 2.35. The summed E-state index contributed by atoms with van der Waals surface area (Å²) in [4.78, 5) is 50.6. The zero-order chi connectivity index (χ0) is 45.5. The number of nitrogens with one attached hydrogen (secondary N) is 2. The van der Waals surface area contributed by atoms with Crippen LogP contribution in [-0.2, 0) is 12.4 Å². The van der Waals surface area contributed by atoms with Gasteiger partial charge in [0, 0.05) is 52.1 Å². The maximum Gasteiger partial charge on any atom is 0.435 e. The first-order valence-corrected chi connectivity index (χ1v) is 20.5. The molecular weight excluding hydrogens is 946 g/mol. The van der Waals surface area contributed by atoms with Crippen molar-refractivity contribution in [3.05, 3.63) is 137 Å². The number of aryl methyl sites for hydroxylation is 2. The number of amides is 2. The summed E-state index contributed by atoms with van der Waals surface area (Å²) < 4.78 is 86.8. The Kier molecular flexibility index (Phi) is 12.8. The number of alkyl halides is 6. The van der Waals surface area contributed by atoms with Crippen LogP contribution in [0.5, 0.6) is 0 Å². The molecule has 63 heavy (non-hydrogen) atoms. The smallest absolute Gasteiger partial charge is 0.401 e. The molecule has 7 aromatic rings. The van der Waals surface area contributed by atoms with E-state index >= 15 is 0 Å². The Morgan fingerprint density at radius 1 is 0.778 bits per heavy atom. The first-order valence-electron chi connectivity index (χ1n) is 17.9. The lowest BCUT2D eigenvalue weighted by molar-refractivity contribution is -0.142. The van der Waals surface area contributed by atoms with Crippen molar-refractivity contribution < 1.29 is 40.3 Å². The highest BCUT2D eigenvalue weighted by Gasteiger charge is 2.38. The first-order chi connectivity index (χ1) is 29.7. The van der Waals surface area contributed by atoms with Crippen molar-refractivity contribution in [1.29, 1.82) is 0 Å². The van der Waals surface area contributed by atoms with Crippen LogP contribution in [0, 0.1) is 13.8 Å². The number of anilines is 1. The van der Waals surface area contributed by atoms with Gasteiger partial charge in [0.2, 0.25) is 5.89 Å². The number of benzene rings is 2. The van der Waals surface area contributed by atoms with Crippen LogP contribution in [0.2, 0.25) is 20.1 Å². The van der Waals surface area contributed by atoms with Crippen LogP contribution in [-0.4, -0.2) is 63.9 Å². The van der Waals surface area contributed by atoms with E-state index in [1.165, 1.54) is 54.9 Å². The third kappa shape index (κ3) is 9.79. The third-order valence-electron chi connectivity index (χ3n) is 8.98. The first kappa shape index (κ1) is 45.4. The number of fused-ring (bicyclic) bond motifs is 1. The molecule has 0 bridgehead atoms. The van der Waals surface area contributed by atoms with Gasteiger partial charge < -0.3 is 15.1 Å². The molecule has 24 heteroatoms. The highest BCUT2D eigenvalue weighted by atomic mass is 35.5. The molecule has 0 radical (unpaired) electrons. The van der Waals surface area contributed by atoms with Gasteiger partial charge in [-0.3, -0.25) is 9.59 Å². The van der Waals surface area contributed by atoms with Gasteiger partial charge in [-0.25, -0.2) is 29.1 Å². The summed E-state index contributed by atoms with van der Waals surface area (Å²) in [6.07, 6.45) is -6.91. The predicted molar refractivity (Wildman–Crippen MR) is 224 cm³/mol. The van der Waals surface area contributed by atoms with E-state index in [1.54, 1.807) is 31.7 Å². The molecule has 5 aromatic heterocycles. The van der Waals surface area contributed by atoms with Crippen molar-refractivity contribution in [3.8, 4) is 23.2 Å². The van der Waals surface area contributed by atoms with Crippen molar-refractivity contribution >= 4 is 86.6 Å². The Labute approximate surface area is 374 Å². The number of pyridine rings is 2. The van der Waals surface area contributed by atoms with Crippen LogP contribution in [0.15, 0.2) is 82.3 Å². The molecule has 1 aliphatic heterocycles. The Morgan fingerprint density at radius 3 is 1.94 bits per heavy atom. The van der Waals surface area contributed by atoms with Crippen LogP contribution in [0.1, 0.15) is 43.4 Å². The van der Waals surface area contributed by atoms with Gasteiger partial charge in [0.25, 0.3) is 11.8 Å². The zero-order valence-electron chi connectivity index (χ0n) is 31.9. The molecule has 1 saturated heterocycles. The summed E-state index contributed by atoms with van der Waals surface area (Å²) >= 11 is 25.9. The van der Waals surface area contributed by atoms with Crippen LogP contribution >= 0.6 is 58.2 Å². The summed E-state index contributed by atoms with van der Waals surface area (Å²) in [6, 6.07) is 13.0. The molecule has 2 aromatic carbocycles. The molecule has 13 nitrogen and oxygen atoms in total. The molecule has 326 valence electrons. The number of carbonyl (C=O) groups is 2. The second-order valence-electron chi connectivity index (χ2n) is 13.5.